The summed E-state index contributed by atoms with van der Waals surface area (Å²) in [5.41, 5.74) is 0.531. The second-order valence-electron chi connectivity index (χ2n) is 2.33. The van der Waals surface area contributed by atoms with E-state index >= 15 is 0 Å². The fourth-order valence-electron chi connectivity index (χ4n) is 0.804. The molecule has 0 spiro atoms. The zero-order valence-electron chi connectivity index (χ0n) is 5.70. The Morgan fingerprint density at radius 1 is 1.60 bits per heavy atom. The highest BCUT2D eigenvalue weighted by atomic mass is 19.1. The van der Waals surface area contributed by atoms with Crippen LogP contribution < -0.4 is 0 Å². The van der Waals surface area contributed by atoms with Crippen molar-refractivity contribution in [3.8, 4) is 0 Å². The van der Waals surface area contributed by atoms with E-state index in [1.807, 2.05) is 0 Å². The topological polar surface area (TPSA) is 0 Å². The summed E-state index contributed by atoms with van der Waals surface area (Å²) in [4.78, 5) is 0. The molecule has 0 heterocycles. The molecule has 0 amide bonds. The van der Waals surface area contributed by atoms with E-state index < -0.39 is 12.0 Å². The van der Waals surface area contributed by atoms with Crippen LogP contribution in [-0.2, 0) is 0 Å². The highest BCUT2D eigenvalue weighted by molar-refractivity contribution is 5.41. The third kappa shape index (κ3) is 1.15. The van der Waals surface area contributed by atoms with Crippen molar-refractivity contribution in [2.75, 3.05) is 0 Å². The molecule has 0 aromatic carbocycles. The van der Waals surface area contributed by atoms with Gasteiger partial charge in [-0.15, -0.1) is 0 Å². The molecule has 2 heteroatoms. The second-order valence-corrected chi connectivity index (χ2v) is 2.33. The Bertz CT molecular complexity index is 223. The van der Waals surface area contributed by atoms with Crippen molar-refractivity contribution in [2.24, 2.45) is 0 Å². The van der Waals surface area contributed by atoms with Gasteiger partial charge in [0.15, 0.2) is 0 Å². The van der Waals surface area contributed by atoms with Gasteiger partial charge < -0.3 is 0 Å². The molecule has 0 radical (unpaired) electrons. The third-order valence-corrected chi connectivity index (χ3v) is 1.40. The number of rotatable bonds is 0. The Labute approximate surface area is 58.6 Å². The van der Waals surface area contributed by atoms with Crippen LogP contribution in [0, 0.1) is 0 Å². The minimum atomic E-state index is -1.34. The summed E-state index contributed by atoms with van der Waals surface area (Å²) in [5, 5.41) is 0. The van der Waals surface area contributed by atoms with Gasteiger partial charge in [-0.2, -0.15) is 0 Å². The van der Waals surface area contributed by atoms with Gasteiger partial charge in [-0.25, -0.2) is 8.78 Å². The van der Waals surface area contributed by atoms with Gasteiger partial charge in [0.1, 0.15) is 12.0 Å². The Kier molecular flexibility index (Phi) is 1.70. The van der Waals surface area contributed by atoms with Crippen molar-refractivity contribution in [1.29, 1.82) is 0 Å². The van der Waals surface area contributed by atoms with E-state index in [0.717, 1.165) is 0 Å². The van der Waals surface area contributed by atoms with E-state index in [0.29, 0.717) is 5.57 Å². The first-order chi connectivity index (χ1) is 4.61. The molecule has 0 saturated carbocycles. The molecule has 1 aliphatic rings. The highest BCUT2D eigenvalue weighted by Gasteiger charge is 2.16. The van der Waals surface area contributed by atoms with E-state index in [1.54, 1.807) is 6.92 Å². The summed E-state index contributed by atoms with van der Waals surface area (Å²) in [5.74, 6) is -0.549. The first-order valence-corrected chi connectivity index (χ1v) is 3.00. The van der Waals surface area contributed by atoms with Crippen LogP contribution in [0.4, 0.5) is 8.78 Å². The van der Waals surface area contributed by atoms with E-state index in [-0.39, 0.29) is 5.57 Å². The molecule has 1 unspecified atom stereocenters. The van der Waals surface area contributed by atoms with Gasteiger partial charge in [-0.05, 0) is 24.6 Å². The lowest BCUT2D eigenvalue weighted by Crippen LogP contribution is -2.04. The first kappa shape index (κ1) is 7.19. The quantitative estimate of drug-likeness (QED) is 0.487. The highest BCUT2D eigenvalue weighted by Crippen LogP contribution is 2.24. The molecule has 0 bridgehead atoms. The van der Waals surface area contributed by atoms with Crippen molar-refractivity contribution in [1.82, 2.24) is 0 Å². The molecule has 0 nitrogen and oxygen atoms in total. The largest absolute Gasteiger partial charge is 0.238 e. The van der Waals surface area contributed by atoms with E-state index in [1.165, 1.54) is 12.2 Å². The second kappa shape index (κ2) is 2.37. The van der Waals surface area contributed by atoms with Gasteiger partial charge in [0.2, 0.25) is 0 Å². The Balaban J connectivity index is 2.95. The monoisotopic (exact) mass is 142 g/mol. The number of halogens is 2. The van der Waals surface area contributed by atoms with Gasteiger partial charge in [0.25, 0.3) is 0 Å². The van der Waals surface area contributed by atoms with Gasteiger partial charge >= 0.3 is 0 Å². The Morgan fingerprint density at radius 3 is 2.70 bits per heavy atom. The van der Waals surface area contributed by atoms with Gasteiger partial charge in [0, 0.05) is 5.57 Å². The maximum absolute atomic E-state index is 12.6. The number of hydrogen-bond acceptors (Lipinski definition) is 0. The summed E-state index contributed by atoms with van der Waals surface area (Å²) in [6.45, 7) is 4.90. The standard InChI is InChI=1S/C8H8F2/c1-5-3-7(9)6(2)8(10)4-5/h3-4,7H,2H2,1H3. The molecular weight excluding hydrogens is 134 g/mol. The van der Waals surface area contributed by atoms with E-state index in [4.69, 9.17) is 0 Å². The number of hydrogen-bond donors (Lipinski definition) is 0. The maximum Gasteiger partial charge on any atom is 0.146 e. The smallest absolute Gasteiger partial charge is 0.146 e. The normalized spacial score (nSPS) is 25.9. The van der Waals surface area contributed by atoms with Crippen LogP contribution >= 0.6 is 0 Å². The molecule has 10 heavy (non-hydrogen) atoms. The van der Waals surface area contributed by atoms with E-state index in [2.05, 4.69) is 6.58 Å². The molecule has 54 valence electrons. The molecular formula is C8H8F2. The molecule has 0 saturated heterocycles. The molecule has 1 rings (SSSR count). The first-order valence-electron chi connectivity index (χ1n) is 3.00. The lowest BCUT2D eigenvalue weighted by molar-refractivity contribution is 0.433. The molecule has 0 aliphatic heterocycles. The van der Waals surface area contributed by atoms with Crippen molar-refractivity contribution in [2.45, 2.75) is 13.1 Å². The lowest BCUT2D eigenvalue weighted by Gasteiger charge is -2.10. The summed E-state index contributed by atoms with van der Waals surface area (Å²) < 4.78 is 25.2. The predicted octanol–water partition coefficient (Wildman–Crippen LogP) is 2.69. The van der Waals surface area contributed by atoms with Crippen molar-refractivity contribution in [3.63, 3.8) is 0 Å². The number of alkyl halides is 1. The number of allylic oxidation sites excluding steroid dienone is 5. The molecule has 0 N–H and O–H groups in total. The van der Waals surface area contributed by atoms with Crippen molar-refractivity contribution < 1.29 is 8.78 Å². The summed E-state index contributed by atoms with van der Waals surface area (Å²) in [7, 11) is 0. The van der Waals surface area contributed by atoms with Crippen LogP contribution in [0.3, 0.4) is 0 Å². The molecule has 0 fully saturated rings. The predicted molar refractivity (Wildman–Crippen MR) is 37.0 cm³/mol. The van der Waals surface area contributed by atoms with Crippen molar-refractivity contribution >= 4 is 0 Å². The average Bonchev–Trinajstić information content (AvgIpc) is 1.82. The third-order valence-electron chi connectivity index (χ3n) is 1.40. The van der Waals surface area contributed by atoms with Crippen LogP contribution in [0.15, 0.2) is 35.7 Å². The van der Waals surface area contributed by atoms with Gasteiger partial charge in [-0.1, -0.05) is 6.58 Å². The van der Waals surface area contributed by atoms with Crippen LogP contribution in [-0.4, -0.2) is 6.17 Å². The van der Waals surface area contributed by atoms with E-state index in [9.17, 15) is 8.78 Å². The van der Waals surface area contributed by atoms with Crippen LogP contribution in [0.1, 0.15) is 6.92 Å². The molecule has 1 aliphatic carbocycles. The molecule has 0 aromatic rings. The SMILES string of the molecule is C=C1C(F)=CC(C)=CC1F. The lowest BCUT2D eigenvalue weighted by atomic mass is 10.0. The summed E-state index contributed by atoms with van der Waals surface area (Å²) >= 11 is 0. The van der Waals surface area contributed by atoms with Gasteiger partial charge in [0.05, 0.1) is 0 Å². The Morgan fingerprint density at radius 2 is 2.20 bits per heavy atom. The minimum Gasteiger partial charge on any atom is -0.238 e. The minimum absolute atomic E-state index is 0.0781. The maximum atomic E-state index is 12.6. The summed E-state index contributed by atoms with van der Waals surface area (Å²) in [6, 6.07) is 0. The Hall–Kier alpha value is -0.920. The fraction of sp³-hybridized carbons (Fsp3) is 0.250. The average molecular weight is 142 g/mol. The van der Waals surface area contributed by atoms with Gasteiger partial charge in [-0.3, -0.25) is 0 Å². The van der Waals surface area contributed by atoms with Crippen LogP contribution in [0.2, 0.25) is 0 Å². The molecule has 0 aromatic heterocycles. The van der Waals surface area contributed by atoms with Crippen molar-refractivity contribution in [3.05, 3.63) is 35.7 Å². The zero-order valence-corrected chi connectivity index (χ0v) is 5.70. The zero-order chi connectivity index (χ0) is 7.72. The summed E-state index contributed by atoms with van der Waals surface area (Å²) in [6.07, 6.45) is 1.27. The fourth-order valence-corrected chi connectivity index (χ4v) is 0.804. The van der Waals surface area contributed by atoms with Crippen LogP contribution in [0.25, 0.3) is 0 Å². The molecule has 1 atom stereocenters. The van der Waals surface area contributed by atoms with Crippen LogP contribution in [0.5, 0.6) is 0 Å².